The van der Waals surface area contributed by atoms with Crippen LogP contribution >= 0.6 is 0 Å². The lowest BCUT2D eigenvalue weighted by molar-refractivity contribution is -0.107. The average molecular weight is 351 g/mol. The van der Waals surface area contributed by atoms with Gasteiger partial charge in [0.2, 0.25) is 6.41 Å². The molecule has 1 aromatic heterocycles. The van der Waals surface area contributed by atoms with Gasteiger partial charge in [-0.05, 0) is 36.4 Å². The summed E-state index contributed by atoms with van der Waals surface area (Å²) in [6.45, 7) is 0. The van der Waals surface area contributed by atoms with Crippen molar-refractivity contribution in [1.29, 1.82) is 0 Å². The number of para-hydroxylation sites is 1. The number of carbonyl (C=O) groups is 1. The number of hydrogen-bond acceptors (Lipinski definition) is 5. The first-order valence-corrected chi connectivity index (χ1v) is 7.76. The van der Waals surface area contributed by atoms with Crippen LogP contribution in [0, 0.1) is 0 Å². The molecule has 1 heterocycles. The Balaban J connectivity index is 2.14. The number of nitrogens with zero attached hydrogens (tertiary/aromatic N) is 3. The minimum Gasteiger partial charge on any atom is -0.507 e. The summed E-state index contributed by atoms with van der Waals surface area (Å²) in [6.07, 6.45) is 0.696. The average Bonchev–Trinajstić information content (AvgIpc) is 2.99. The topological polar surface area (TPSA) is 98.3 Å². The molecule has 0 radical (unpaired) electrons. The fourth-order valence-electron chi connectivity index (χ4n) is 2.47. The van der Waals surface area contributed by atoms with E-state index in [1.54, 1.807) is 49.5 Å². The number of amides is 1. The van der Waals surface area contributed by atoms with Crippen molar-refractivity contribution in [3.8, 4) is 17.5 Å². The Bertz CT molecular complexity index is 942. The normalized spacial score (nSPS) is 11.3. The molecule has 7 heteroatoms. The van der Waals surface area contributed by atoms with E-state index in [1.165, 1.54) is 23.1 Å². The second-order valence-corrected chi connectivity index (χ2v) is 5.57. The van der Waals surface area contributed by atoms with Crippen molar-refractivity contribution in [3.63, 3.8) is 0 Å². The molecule has 0 aliphatic carbocycles. The zero-order valence-corrected chi connectivity index (χ0v) is 13.9. The Morgan fingerprint density at radius 2 is 1.58 bits per heavy atom. The highest BCUT2D eigenvalue weighted by molar-refractivity contribution is 6.05. The van der Waals surface area contributed by atoms with Crippen LogP contribution in [-0.2, 0) is 4.79 Å². The first-order chi connectivity index (χ1) is 12.5. The Morgan fingerprint density at radius 1 is 0.962 bits per heavy atom. The van der Waals surface area contributed by atoms with Gasteiger partial charge in [0.15, 0.2) is 17.6 Å². The molecule has 3 rings (SSSR count). The van der Waals surface area contributed by atoms with Gasteiger partial charge < -0.3 is 20.2 Å². The second kappa shape index (κ2) is 7.02. The van der Waals surface area contributed by atoms with E-state index in [9.17, 15) is 20.1 Å². The van der Waals surface area contributed by atoms with Gasteiger partial charge in [0.1, 0.15) is 5.75 Å². The number of aromatic nitrogens is 1. The summed E-state index contributed by atoms with van der Waals surface area (Å²) in [5.41, 5.74) is 1.54. The summed E-state index contributed by atoms with van der Waals surface area (Å²) in [4.78, 5) is 16.7. The summed E-state index contributed by atoms with van der Waals surface area (Å²) in [5.74, 6) is -0.334. The van der Waals surface area contributed by atoms with Gasteiger partial charge >= 0.3 is 0 Å². The Morgan fingerprint density at radius 3 is 2.15 bits per heavy atom. The molecule has 0 saturated carbocycles. The van der Waals surface area contributed by atoms with Gasteiger partial charge in [0.25, 0.3) is 0 Å². The molecule has 0 atom stereocenters. The predicted molar refractivity (Wildman–Crippen MR) is 98.4 cm³/mol. The number of anilines is 1. The van der Waals surface area contributed by atoms with E-state index < -0.39 is 0 Å². The van der Waals surface area contributed by atoms with Crippen molar-refractivity contribution < 1.29 is 20.1 Å². The van der Waals surface area contributed by atoms with E-state index in [0.717, 1.165) is 4.57 Å². The van der Waals surface area contributed by atoms with Crippen LogP contribution < -0.4 is 4.90 Å². The quantitative estimate of drug-likeness (QED) is 0.382. The number of aromatic hydroxyl groups is 3. The molecule has 132 valence electrons. The van der Waals surface area contributed by atoms with Crippen molar-refractivity contribution in [2.45, 2.75) is 0 Å². The molecule has 1 amide bonds. The molecule has 0 aliphatic rings. The monoisotopic (exact) mass is 351 g/mol. The Labute approximate surface area is 149 Å². The molecule has 0 bridgehead atoms. The van der Waals surface area contributed by atoms with Gasteiger partial charge in [0, 0.05) is 24.9 Å². The number of phenolic OH excluding ortho intramolecular Hbond substituents is 1. The van der Waals surface area contributed by atoms with E-state index in [1.807, 2.05) is 0 Å². The van der Waals surface area contributed by atoms with Gasteiger partial charge in [-0.1, -0.05) is 12.1 Å². The van der Waals surface area contributed by atoms with Crippen LogP contribution in [0.2, 0.25) is 0 Å². The van der Waals surface area contributed by atoms with Gasteiger partial charge in [0.05, 0.1) is 11.3 Å². The third kappa shape index (κ3) is 3.23. The molecular weight excluding hydrogens is 334 g/mol. The highest BCUT2D eigenvalue weighted by Crippen LogP contribution is 2.29. The van der Waals surface area contributed by atoms with Gasteiger partial charge in [-0.15, -0.1) is 0 Å². The van der Waals surface area contributed by atoms with Crippen LogP contribution in [0.5, 0.6) is 17.5 Å². The Hall–Kier alpha value is -3.74. The number of rotatable bonds is 4. The highest BCUT2D eigenvalue weighted by atomic mass is 16.3. The number of benzene rings is 2. The molecule has 0 saturated heterocycles. The second-order valence-electron chi connectivity index (χ2n) is 5.57. The first kappa shape index (κ1) is 17.1. The van der Waals surface area contributed by atoms with Crippen LogP contribution in [0.25, 0.3) is 0 Å². The fraction of sp³-hybridized carbons (Fsp3) is 0.0526. The lowest BCUT2D eigenvalue weighted by atomic mass is 10.1. The smallest absolute Gasteiger partial charge is 0.213 e. The van der Waals surface area contributed by atoms with E-state index in [-0.39, 0.29) is 23.3 Å². The van der Waals surface area contributed by atoms with Crippen molar-refractivity contribution in [3.05, 3.63) is 66.2 Å². The van der Waals surface area contributed by atoms with Crippen molar-refractivity contribution in [1.82, 2.24) is 4.57 Å². The number of hydrogen-bond donors (Lipinski definition) is 3. The SMILES string of the molecule is CN(C=O)c1ccc(N=C(c2ccccc2O)n2c(O)ccc2O)cc1. The standard InChI is InChI=1S/C19H17N3O4/c1-21(12-23)14-8-6-13(7-9-14)20-19(15-4-2-3-5-16(15)24)22-17(25)10-11-18(22)26/h2-12,24-26H,1H3. The zero-order chi connectivity index (χ0) is 18.7. The lowest BCUT2D eigenvalue weighted by Gasteiger charge is -2.13. The van der Waals surface area contributed by atoms with Crippen LogP contribution in [-0.4, -0.2) is 39.2 Å². The van der Waals surface area contributed by atoms with Crippen molar-refractivity contribution in [2.24, 2.45) is 4.99 Å². The zero-order valence-electron chi connectivity index (χ0n) is 13.9. The number of phenols is 1. The molecular formula is C19H17N3O4. The number of carbonyl (C=O) groups excluding carboxylic acids is 1. The van der Waals surface area contributed by atoms with Crippen LogP contribution in [0.3, 0.4) is 0 Å². The van der Waals surface area contributed by atoms with E-state index in [4.69, 9.17) is 0 Å². The summed E-state index contributed by atoms with van der Waals surface area (Å²) in [6, 6.07) is 15.9. The van der Waals surface area contributed by atoms with Gasteiger partial charge in [-0.3, -0.25) is 4.79 Å². The summed E-state index contributed by atoms with van der Waals surface area (Å²) < 4.78 is 1.13. The number of aliphatic imine (C=N–C) groups is 1. The molecule has 3 aromatic rings. The Kier molecular flexibility index (Phi) is 4.62. The van der Waals surface area contributed by atoms with E-state index >= 15 is 0 Å². The molecule has 2 aromatic carbocycles. The summed E-state index contributed by atoms with van der Waals surface area (Å²) in [5, 5.41) is 30.3. The van der Waals surface area contributed by atoms with Crippen LogP contribution in [0.15, 0.2) is 65.7 Å². The van der Waals surface area contributed by atoms with Crippen molar-refractivity contribution in [2.75, 3.05) is 11.9 Å². The molecule has 0 aliphatic heterocycles. The maximum Gasteiger partial charge on any atom is 0.213 e. The predicted octanol–water partition coefficient (Wildman–Crippen LogP) is 2.82. The lowest BCUT2D eigenvalue weighted by Crippen LogP contribution is -2.13. The minimum absolute atomic E-state index is 0.0453. The first-order valence-electron chi connectivity index (χ1n) is 7.76. The third-order valence-electron chi connectivity index (χ3n) is 3.85. The molecule has 7 nitrogen and oxygen atoms in total. The third-order valence-corrected chi connectivity index (χ3v) is 3.85. The minimum atomic E-state index is -0.221. The van der Waals surface area contributed by atoms with E-state index in [2.05, 4.69) is 4.99 Å². The molecule has 0 unspecified atom stereocenters. The highest BCUT2D eigenvalue weighted by Gasteiger charge is 2.17. The maximum absolute atomic E-state index is 10.8. The maximum atomic E-state index is 10.8. The van der Waals surface area contributed by atoms with Gasteiger partial charge in [-0.25, -0.2) is 9.56 Å². The summed E-state index contributed by atoms with van der Waals surface area (Å²) in [7, 11) is 1.63. The molecule has 3 N–H and O–H groups in total. The van der Waals surface area contributed by atoms with E-state index in [0.29, 0.717) is 23.3 Å². The van der Waals surface area contributed by atoms with Crippen molar-refractivity contribution >= 4 is 23.6 Å². The largest absolute Gasteiger partial charge is 0.507 e. The molecule has 0 fully saturated rings. The van der Waals surface area contributed by atoms with Gasteiger partial charge in [-0.2, -0.15) is 0 Å². The van der Waals surface area contributed by atoms with Crippen LogP contribution in [0.4, 0.5) is 11.4 Å². The van der Waals surface area contributed by atoms with Crippen LogP contribution in [0.1, 0.15) is 5.56 Å². The fourth-order valence-corrected chi connectivity index (χ4v) is 2.47. The molecule has 0 spiro atoms. The summed E-state index contributed by atoms with van der Waals surface area (Å²) >= 11 is 0. The molecule has 26 heavy (non-hydrogen) atoms.